The van der Waals surface area contributed by atoms with Crippen LogP contribution in [0.25, 0.3) is 44.9 Å². The van der Waals surface area contributed by atoms with Crippen LogP contribution in [0.3, 0.4) is 0 Å². The number of aliphatic hydroxyl groups excluding tert-OH is 1. The number of nitrogens with one attached hydrogen (secondary N) is 4. The van der Waals surface area contributed by atoms with E-state index in [-0.39, 0.29) is 46.6 Å². The second-order valence-corrected chi connectivity index (χ2v) is 15.8. The molecule has 2 amide bonds. The molecule has 5 atom stereocenters. The average Bonchev–Trinajstić information content (AvgIpc) is 3.94. The zero-order chi connectivity index (χ0) is 37.4. The summed E-state index contributed by atoms with van der Waals surface area (Å²) in [4.78, 5) is 40.5. The van der Waals surface area contributed by atoms with Gasteiger partial charge in [-0.2, -0.15) is 4.98 Å². The van der Waals surface area contributed by atoms with Gasteiger partial charge >= 0.3 is 0 Å². The first-order valence-corrected chi connectivity index (χ1v) is 18.7. The molecule has 54 heavy (non-hydrogen) atoms. The Morgan fingerprint density at radius 3 is 2.59 bits per heavy atom. The van der Waals surface area contributed by atoms with Gasteiger partial charge in [0.15, 0.2) is 28.6 Å². The van der Waals surface area contributed by atoms with E-state index in [0.717, 1.165) is 44.4 Å². The van der Waals surface area contributed by atoms with E-state index in [4.69, 9.17) is 46.7 Å². The number of nitrogens with zero attached hydrogens (tertiary/aromatic N) is 2. The summed E-state index contributed by atoms with van der Waals surface area (Å²) < 4.78 is 20.4. The molecule has 10 rings (SSSR count). The third-order valence-electron chi connectivity index (χ3n) is 11.2. The molecule has 0 saturated heterocycles. The van der Waals surface area contributed by atoms with E-state index in [9.17, 15) is 14.7 Å². The number of aliphatic hydroxyl groups is 1. The number of H-pyrrole nitrogens is 1. The highest BCUT2D eigenvalue weighted by atomic mass is 35.5. The molecule has 7 heterocycles. The normalized spacial score (nSPS) is 22.2. The van der Waals surface area contributed by atoms with Crippen LogP contribution in [0.15, 0.2) is 63.4 Å². The molecule has 4 aliphatic rings. The summed E-state index contributed by atoms with van der Waals surface area (Å²) in [6.45, 7) is 7.36. The molecular weight excluding hydrogens is 731 g/mol. The zero-order valence-corrected chi connectivity index (χ0v) is 31.0. The lowest BCUT2D eigenvalue weighted by atomic mass is 9.72. The van der Waals surface area contributed by atoms with Crippen LogP contribution in [0.2, 0.25) is 10.3 Å². The van der Waals surface area contributed by atoms with Gasteiger partial charge in [-0.1, -0.05) is 93.4 Å². The Morgan fingerprint density at radius 1 is 1.00 bits per heavy atom. The summed E-state index contributed by atoms with van der Waals surface area (Å²) in [6.07, 6.45) is -1.87. The Kier molecular flexibility index (Phi) is 7.15. The van der Waals surface area contributed by atoms with Gasteiger partial charge in [0.2, 0.25) is 17.7 Å². The van der Waals surface area contributed by atoms with Crippen LogP contribution < -0.4 is 20.7 Å². The first-order chi connectivity index (χ1) is 25.9. The Balaban J connectivity index is 1.30. The number of para-hydroxylation sites is 1. The molecule has 1 spiro atoms. The third-order valence-corrected chi connectivity index (χ3v) is 11.7. The van der Waals surface area contributed by atoms with Gasteiger partial charge in [0.05, 0.1) is 5.56 Å². The van der Waals surface area contributed by atoms with Gasteiger partial charge in [-0.05, 0) is 35.1 Å². The SMILES string of the molecule is CC(C)[C@H](O)C(=O)N[C@H]1Cc2ccc3c(c2)[C@@]24c5cccc(c5NC2O3)-c2cccc3[nH]c(Cl)c(c23)-c2oc(nc2Cl)-c2nc(oc24)[C@H](C(C)C)NC1=O. The molecule has 0 saturated carbocycles. The standard InChI is InChI=1S/C40H34Cl2N6O6/c1-15(2)27-37-46-29-32(54-37)40-20-9-5-8-19(18-7-6-10-22-25(18)26(33(41)43-22)31-34(42)48-38(29)53-31)28(20)47-39(40)52-24-12-11-17(13-21(24)40)14-23(35(50)45-27)44-36(51)30(49)16(3)4/h5-13,15-16,23,27,30,39,43,47,49H,14H2,1-4H3,(H,44,51)(H,45,50)/t23-,27-,30-,39?,40+/m0/s1. The number of halogens is 2. The van der Waals surface area contributed by atoms with E-state index in [2.05, 4.69) is 27.0 Å². The number of oxazole rings is 2. The monoisotopic (exact) mass is 764 g/mol. The predicted molar refractivity (Wildman–Crippen MR) is 201 cm³/mol. The van der Waals surface area contributed by atoms with Crippen molar-refractivity contribution in [2.45, 2.75) is 63.9 Å². The van der Waals surface area contributed by atoms with Gasteiger partial charge in [-0.3, -0.25) is 9.59 Å². The van der Waals surface area contributed by atoms with Gasteiger partial charge in [0.1, 0.15) is 34.5 Å². The minimum absolute atomic E-state index is 0.0872. The number of amides is 2. The molecule has 14 heteroatoms. The highest BCUT2D eigenvalue weighted by Crippen LogP contribution is 2.62. The van der Waals surface area contributed by atoms with Gasteiger partial charge in [-0.25, -0.2) is 4.98 Å². The minimum atomic E-state index is -1.30. The fraction of sp³-hybridized carbons (Fsp3) is 0.300. The van der Waals surface area contributed by atoms with Crippen molar-refractivity contribution in [2.24, 2.45) is 11.8 Å². The number of ether oxygens (including phenoxy) is 1. The molecule has 10 bridgehead atoms. The number of aromatic amines is 1. The van der Waals surface area contributed by atoms with E-state index >= 15 is 0 Å². The lowest BCUT2D eigenvalue weighted by Gasteiger charge is -2.29. The van der Waals surface area contributed by atoms with Crippen molar-refractivity contribution in [3.8, 4) is 39.8 Å². The van der Waals surface area contributed by atoms with Crippen LogP contribution in [0.4, 0.5) is 5.69 Å². The molecule has 3 aromatic heterocycles. The second kappa shape index (κ2) is 11.6. The Hall–Kier alpha value is -5.30. The minimum Gasteiger partial charge on any atom is -0.469 e. The van der Waals surface area contributed by atoms with Gasteiger partial charge in [-0.15, -0.1) is 0 Å². The van der Waals surface area contributed by atoms with E-state index in [1.54, 1.807) is 13.8 Å². The first-order valence-electron chi connectivity index (χ1n) is 17.9. The van der Waals surface area contributed by atoms with Crippen molar-refractivity contribution in [3.05, 3.63) is 93.2 Å². The van der Waals surface area contributed by atoms with Crippen LogP contribution in [-0.4, -0.2) is 50.2 Å². The molecule has 5 N–H and O–H groups in total. The number of fused-ring (bicyclic) bond motifs is 7. The maximum absolute atomic E-state index is 14.2. The van der Waals surface area contributed by atoms with Gasteiger partial charge < -0.3 is 39.6 Å². The third kappa shape index (κ3) is 4.47. The molecule has 12 nitrogen and oxygen atoms in total. The van der Waals surface area contributed by atoms with E-state index in [1.165, 1.54) is 0 Å². The smallest absolute Gasteiger partial charge is 0.250 e. The summed E-state index contributed by atoms with van der Waals surface area (Å²) >= 11 is 13.9. The van der Waals surface area contributed by atoms with Crippen molar-refractivity contribution in [1.82, 2.24) is 25.6 Å². The molecule has 3 aromatic carbocycles. The number of rotatable bonds is 4. The first kappa shape index (κ1) is 33.3. The molecule has 0 aliphatic carbocycles. The molecule has 6 aromatic rings. The quantitative estimate of drug-likeness (QED) is 0.126. The van der Waals surface area contributed by atoms with Crippen molar-refractivity contribution in [1.29, 1.82) is 0 Å². The Morgan fingerprint density at radius 2 is 1.80 bits per heavy atom. The zero-order valence-electron chi connectivity index (χ0n) is 29.5. The number of carbonyl (C=O) groups is 2. The van der Waals surface area contributed by atoms with Crippen LogP contribution >= 0.6 is 23.2 Å². The highest BCUT2D eigenvalue weighted by Gasteiger charge is 2.61. The Labute approximate surface area is 318 Å². The van der Waals surface area contributed by atoms with E-state index in [0.29, 0.717) is 22.2 Å². The number of benzene rings is 3. The van der Waals surface area contributed by atoms with Gasteiger partial charge in [0, 0.05) is 39.7 Å². The molecule has 4 aliphatic heterocycles. The molecular formula is C40H34Cl2N6O6. The second-order valence-electron chi connectivity index (χ2n) is 15.1. The number of hydrogen-bond acceptors (Lipinski definition) is 9. The van der Waals surface area contributed by atoms with E-state index in [1.807, 2.05) is 62.4 Å². The lowest BCUT2D eigenvalue weighted by Crippen LogP contribution is -2.52. The number of anilines is 1. The summed E-state index contributed by atoms with van der Waals surface area (Å²) in [7, 11) is 0. The highest BCUT2D eigenvalue weighted by molar-refractivity contribution is 6.37. The van der Waals surface area contributed by atoms with Gasteiger partial charge in [0.25, 0.3) is 5.89 Å². The molecule has 0 radical (unpaired) electrons. The van der Waals surface area contributed by atoms with Crippen LogP contribution in [0, 0.1) is 11.8 Å². The summed E-state index contributed by atoms with van der Waals surface area (Å²) in [5, 5.41) is 21.5. The summed E-state index contributed by atoms with van der Waals surface area (Å²) in [5.41, 5.74) is 5.49. The average molecular weight is 766 g/mol. The fourth-order valence-electron chi connectivity index (χ4n) is 8.52. The van der Waals surface area contributed by atoms with Crippen molar-refractivity contribution in [3.63, 3.8) is 0 Å². The van der Waals surface area contributed by atoms with Crippen molar-refractivity contribution < 1.29 is 28.3 Å². The molecule has 1 unspecified atom stereocenters. The van der Waals surface area contributed by atoms with Crippen molar-refractivity contribution >= 4 is 51.6 Å². The van der Waals surface area contributed by atoms with E-state index < -0.39 is 41.6 Å². The number of carbonyl (C=O) groups excluding carboxylic acids is 2. The predicted octanol–water partition coefficient (Wildman–Crippen LogP) is 7.11. The number of hydrogen-bond donors (Lipinski definition) is 5. The lowest BCUT2D eigenvalue weighted by molar-refractivity contribution is -0.135. The number of aromatic nitrogens is 3. The van der Waals surface area contributed by atoms with Crippen LogP contribution in [0.5, 0.6) is 5.75 Å². The maximum Gasteiger partial charge on any atom is 0.250 e. The Bertz CT molecular complexity index is 2590. The van der Waals surface area contributed by atoms with Crippen LogP contribution in [0.1, 0.15) is 62.1 Å². The summed E-state index contributed by atoms with van der Waals surface area (Å²) in [6, 6.07) is 16.0. The van der Waals surface area contributed by atoms with Crippen molar-refractivity contribution in [2.75, 3.05) is 5.32 Å². The molecule has 0 fully saturated rings. The summed E-state index contributed by atoms with van der Waals surface area (Å²) in [5.74, 6) is -0.0970. The maximum atomic E-state index is 14.2. The topological polar surface area (TPSA) is 168 Å². The van der Waals surface area contributed by atoms with Crippen LogP contribution in [-0.2, 0) is 21.4 Å². The fourth-order valence-corrected chi connectivity index (χ4v) is 9.01. The molecule has 274 valence electrons. The largest absolute Gasteiger partial charge is 0.469 e.